The highest BCUT2D eigenvalue weighted by Crippen LogP contribution is 2.41. The standard InChI is InChI=1S/C13H13ClN4O2S2/c1-8-6-9(14)7-10(18(19)20)11(8)21-13-16-15-12(22-13)17-4-2-3-5-17/h6-7H,2-5H2,1H3. The van der Waals surface area contributed by atoms with Crippen LogP contribution in [0.2, 0.25) is 5.02 Å². The largest absolute Gasteiger partial charge is 0.347 e. The first-order chi connectivity index (χ1) is 10.5. The summed E-state index contributed by atoms with van der Waals surface area (Å²) in [6.07, 6.45) is 2.34. The number of halogens is 1. The molecular weight excluding hydrogens is 344 g/mol. The number of nitrogens with zero attached hydrogens (tertiary/aromatic N) is 4. The first-order valence-corrected chi connectivity index (χ1v) is 8.76. The molecule has 1 fully saturated rings. The summed E-state index contributed by atoms with van der Waals surface area (Å²) < 4.78 is 0.704. The van der Waals surface area contributed by atoms with Crippen molar-refractivity contribution in [1.29, 1.82) is 0 Å². The van der Waals surface area contributed by atoms with Crippen molar-refractivity contribution in [3.05, 3.63) is 32.8 Å². The molecule has 0 bridgehead atoms. The quantitative estimate of drug-likeness (QED) is 0.605. The molecule has 0 saturated carbocycles. The van der Waals surface area contributed by atoms with Crippen molar-refractivity contribution >= 4 is 45.5 Å². The number of aryl methyl sites for hydroxylation is 1. The van der Waals surface area contributed by atoms with Crippen molar-refractivity contribution < 1.29 is 4.92 Å². The Balaban J connectivity index is 1.88. The molecule has 0 radical (unpaired) electrons. The maximum absolute atomic E-state index is 11.2. The lowest BCUT2D eigenvalue weighted by Gasteiger charge is -2.11. The molecule has 116 valence electrons. The van der Waals surface area contributed by atoms with Gasteiger partial charge in [0, 0.05) is 24.2 Å². The summed E-state index contributed by atoms with van der Waals surface area (Å²) in [6, 6.07) is 3.10. The zero-order valence-corrected chi connectivity index (χ0v) is 14.2. The maximum atomic E-state index is 11.2. The van der Waals surface area contributed by atoms with E-state index in [1.165, 1.54) is 42.0 Å². The van der Waals surface area contributed by atoms with Gasteiger partial charge in [0.2, 0.25) is 5.13 Å². The highest BCUT2D eigenvalue weighted by atomic mass is 35.5. The molecule has 0 amide bonds. The van der Waals surface area contributed by atoms with Crippen LogP contribution in [0.25, 0.3) is 0 Å². The van der Waals surface area contributed by atoms with Crippen LogP contribution < -0.4 is 4.90 Å². The minimum atomic E-state index is -0.413. The van der Waals surface area contributed by atoms with E-state index in [1.54, 1.807) is 6.07 Å². The fourth-order valence-electron chi connectivity index (χ4n) is 2.35. The van der Waals surface area contributed by atoms with Crippen LogP contribution in [0.4, 0.5) is 10.8 Å². The third kappa shape index (κ3) is 3.18. The summed E-state index contributed by atoms with van der Waals surface area (Å²) in [5.41, 5.74) is 0.773. The summed E-state index contributed by atoms with van der Waals surface area (Å²) in [4.78, 5) is 13.6. The summed E-state index contributed by atoms with van der Waals surface area (Å²) >= 11 is 8.66. The molecule has 1 aromatic carbocycles. The zero-order valence-electron chi connectivity index (χ0n) is 11.8. The van der Waals surface area contributed by atoms with Crippen LogP contribution in [0.3, 0.4) is 0 Å². The average Bonchev–Trinajstić information content (AvgIpc) is 3.11. The molecule has 0 spiro atoms. The molecule has 3 rings (SSSR count). The van der Waals surface area contributed by atoms with E-state index in [0.717, 1.165) is 23.8 Å². The second kappa shape index (κ2) is 6.39. The van der Waals surface area contributed by atoms with Gasteiger partial charge in [-0.3, -0.25) is 10.1 Å². The number of hydrogen-bond donors (Lipinski definition) is 0. The number of nitro benzene ring substituents is 1. The van der Waals surface area contributed by atoms with Crippen LogP contribution in [0.1, 0.15) is 18.4 Å². The smallest absolute Gasteiger partial charge is 0.285 e. The van der Waals surface area contributed by atoms with Gasteiger partial charge in [-0.05, 0) is 43.2 Å². The Morgan fingerprint density at radius 3 is 2.77 bits per heavy atom. The fraction of sp³-hybridized carbons (Fsp3) is 0.385. The van der Waals surface area contributed by atoms with Crippen molar-refractivity contribution in [2.45, 2.75) is 29.0 Å². The molecule has 22 heavy (non-hydrogen) atoms. The Labute approximate surface area is 140 Å². The van der Waals surface area contributed by atoms with Crippen molar-refractivity contribution in [3.8, 4) is 0 Å². The van der Waals surface area contributed by atoms with E-state index in [1.807, 2.05) is 6.92 Å². The molecule has 1 saturated heterocycles. The Kier molecular flexibility index (Phi) is 4.51. The average molecular weight is 357 g/mol. The van der Waals surface area contributed by atoms with E-state index in [2.05, 4.69) is 15.1 Å². The normalized spacial score (nSPS) is 14.5. The molecule has 2 heterocycles. The molecule has 2 aromatic rings. The monoisotopic (exact) mass is 356 g/mol. The number of anilines is 1. The molecular formula is C13H13ClN4O2S2. The summed E-state index contributed by atoms with van der Waals surface area (Å²) in [7, 11) is 0. The van der Waals surface area contributed by atoms with Crippen LogP contribution in [0.15, 0.2) is 21.4 Å². The number of nitro groups is 1. The minimum Gasteiger partial charge on any atom is -0.347 e. The lowest BCUT2D eigenvalue weighted by Crippen LogP contribution is -2.17. The fourth-order valence-corrected chi connectivity index (χ4v) is 4.60. The van der Waals surface area contributed by atoms with Crippen molar-refractivity contribution in [2.24, 2.45) is 0 Å². The Morgan fingerprint density at radius 1 is 1.36 bits per heavy atom. The van der Waals surface area contributed by atoms with Gasteiger partial charge in [-0.15, -0.1) is 10.2 Å². The third-order valence-corrected chi connectivity index (χ3v) is 5.87. The summed E-state index contributed by atoms with van der Waals surface area (Å²) in [5, 5.41) is 20.8. The molecule has 0 N–H and O–H groups in total. The van der Waals surface area contributed by atoms with Crippen molar-refractivity contribution in [1.82, 2.24) is 10.2 Å². The van der Waals surface area contributed by atoms with Gasteiger partial charge in [0.15, 0.2) is 4.34 Å². The molecule has 1 aromatic heterocycles. The molecule has 0 aliphatic carbocycles. The molecule has 6 nitrogen and oxygen atoms in total. The van der Waals surface area contributed by atoms with Crippen LogP contribution in [-0.4, -0.2) is 28.2 Å². The molecule has 0 atom stereocenters. The maximum Gasteiger partial charge on any atom is 0.285 e. The Morgan fingerprint density at radius 2 is 2.09 bits per heavy atom. The van der Waals surface area contributed by atoms with Crippen LogP contribution in [0.5, 0.6) is 0 Å². The predicted molar refractivity (Wildman–Crippen MR) is 88.3 cm³/mol. The van der Waals surface area contributed by atoms with Crippen molar-refractivity contribution in [2.75, 3.05) is 18.0 Å². The van der Waals surface area contributed by atoms with Crippen LogP contribution >= 0.6 is 34.7 Å². The summed E-state index contributed by atoms with van der Waals surface area (Å²) in [5.74, 6) is 0. The number of aromatic nitrogens is 2. The second-order valence-corrected chi connectivity index (χ2v) is 7.62. The second-order valence-electron chi connectivity index (χ2n) is 4.97. The van der Waals surface area contributed by atoms with E-state index in [-0.39, 0.29) is 5.69 Å². The van der Waals surface area contributed by atoms with E-state index < -0.39 is 4.92 Å². The van der Waals surface area contributed by atoms with Crippen LogP contribution in [0, 0.1) is 17.0 Å². The van der Waals surface area contributed by atoms with Gasteiger partial charge in [-0.25, -0.2) is 0 Å². The first kappa shape index (κ1) is 15.5. The van der Waals surface area contributed by atoms with E-state index in [9.17, 15) is 10.1 Å². The van der Waals surface area contributed by atoms with E-state index in [0.29, 0.717) is 14.3 Å². The van der Waals surface area contributed by atoms with E-state index >= 15 is 0 Å². The molecule has 1 aliphatic rings. The lowest BCUT2D eigenvalue weighted by molar-refractivity contribution is -0.387. The van der Waals surface area contributed by atoms with Gasteiger partial charge in [-0.1, -0.05) is 22.9 Å². The first-order valence-electron chi connectivity index (χ1n) is 6.75. The topological polar surface area (TPSA) is 72.2 Å². The third-order valence-electron chi connectivity index (χ3n) is 3.38. The minimum absolute atomic E-state index is 0.00734. The highest BCUT2D eigenvalue weighted by molar-refractivity contribution is 8.01. The summed E-state index contributed by atoms with van der Waals surface area (Å²) in [6.45, 7) is 3.81. The van der Waals surface area contributed by atoms with Gasteiger partial charge < -0.3 is 4.90 Å². The predicted octanol–water partition coefficient (Wildman–Crippen LogP) is 4.16. The number of benzene rings is 1. The zero-order chi connectivity index (χ0) is 15.7. The molecule has 1 aliphatic heterocycles. The van der Waals surface area contributed by atoms with Crippen molar-refractivity contribution in [3.63, 3.8) is 0 Å². The van der Waals surface area contributed by atoms with Crippen LogP contribution in [-0.2, 0) is 0 Å². The van der Waals surface area contributed by atoms with Gasteiger partial charge in [0.1, 0.15) is 0 Å². The Hall–Kier alpha value is -1.38. The van der Waals surface area contributed by atoms with E-state index in [4.69, 9.17) is 11.6 Å². The van der Waals surface area contributed by atoms with Gasteiger partial charge in [0.25, 0.3) is 5.69 Å². The van der Waals surface area contributed by atoms with Gasteiger partial charge in [-0.2, -0.15) is 0 Å². The number of rotatable bonds is 4. The highest BCUT2D eigenvalue weighted by Gasteiger charge is 2.22. The Bertz CT molecular complexity index is 716. The number of hydrogen-bond acceptors (Lipinski definition) is 7. The lowest BCUT2D eigenvalue weighted by atomic mass is 10.2. The molecule has 9 heteroatoms. The molecule has 0 unspecified atom stereocenters. The SMILES string of the molecule is Cc1cc(Cl)cc([N+](=O)[O-])c1Sc1nnc(N2CCCC2)s1. The van der Waals surface area contributed by atoms with Gasteiger partial charge >= 0.3 is 0 Å². The van der Waals surface area contributed by atoms with Gasteiger partial charge in [0.05, 0.1) is 9.82 Å².